The van der Waals surface area contributed by atoms with E-state index in [0.29, 0.717) is 13.2 Å². The van der Waals surface area contributed by atoms with E-state index in [1.807, 2.05) is 30.3 Å². The van der Waals surface area contributed by atoms with Gasteiger partial charge in [-0.15, -0.1) is 11.3 Å². The number of aliphatic hydroxyl groups excluding tert-OH is 1. The van der Waals surface area contributed by atoms with E-state index in [2.05, 4.69) is 16.8 Å². The molecule has 19 heavy (non-hydrogen) atoms. The van der Waals surface area contributed by atoms with Crippen molar-refractivity contribution in [1.29, 1.82) is 0 Å². The van der Waals surface area contributed by atoms with Crippen LogP contribution in [0.25, 0.3) is 0 Å². The Kier molecular flexibility index (Phi) is 7.52. The minimum Gasteiger partial charge on any atom is -1.00 e. The monoisotopic (exact) mass is 298 g/mol. The summed E-state index contributed by atoms with van der Waals surface area (Å²) in [4.78, 5) is 1.23. The van der Waals surface area contributed by atoms with Gasteiger partial charge in [0.2, 0.25) is 0 Å². The van der Waals surface area contributed by atoms with Crippen LogP contribution in [0.2, 0.25) is 0 Å². The molecular formula is C14H17ClNO2S-. The molecule has 0 saturated heterocycles. The van der Waals surface area contributed by atoms with Crippen LogP contribution in [0.1, 0.15) is 10.4 Å². The summed E-state index contributed by atoms with van der Waals surface area (Å²) in [6.07, 6.45) is 0. The molecule has 0 saturated carbocycles. The number of halogens is 1. The van der Waals surface area contributed by atoms with Crippen molar-refractivity contribution in [3.63, 3.8) is 0 Å². The van der Waals surface area contributed by atoms with E-state index in [1.54, 1.807) is 11.3 Å². The van der Waals surface area contributed by atoms with Crippen molar-refractivity contribution in [2.45, 2.75) is 13.2 Å². The summed E-state index contributed by atoms with van der Waals surface area (Å²) in [6.45, 7) is 2.18. The normalized spacial score (nSPS) is 9.95. The SMILES string of the molecule is OCCNCc1ccc(OCc2cccs2)cc1.[Cl-]. The van der Waals surface area contributed by atoms with Crippen molar-refractivity contribution in [3.05, 3.63) is 52.2 Å². The molecule has 2 N–H and O–H groups in total. The molecule has 0 bridgehead atoms. The van der Waals surface area contributed by atoms with Crippen LogP contribution in [0.15, 0.2) is 41.8 Å². The molecule has 1 aromatic heterocycles. The van der Waals surface area contributed by atoms with E-state index < -0.39 is 0 Å². The largest absolute Gasteiger partial charge is 1.00 e. The maximum atomic E-state index is 8.67. The third-order valence-corrected chi connectivity index (χ3v) is 3.35. The highest BCUT2D eigenvalue weighted by atomic mass is 35.5. The number of nitrogens with one attached hydrogen (secondary N) is 1. The van der Waals surface area contributed by atoms with E-state index in [9.17, 15) is 0 Å². The molecule has 0 spiro atoms. The molecule has 0 aliphatic carbocycles. The van der Waals surface area contributed by atoms with Gasteiger partial charge in [0.15, 0.2) is 0 Å². The highest BCUT2D eigenvalue weighted by Crippen LogP contribution is 2.16. The molecule has 0 unspecified atom stereocenters. The molecule has 0 fully saturated rings. The molecule has 3 nitrogen and oxygen atoms in total. The van der Waals surface area contributed by atoms with Gasteiger partial charge in [-0.3, -0.25) is 0 Å². The zero-order chi connectivity index (χ0) is 12.6. The van der Waals surface area contributed by atoms with Crippen molar-refractivity contribution < 1.29 is 22.3 Å². The van der Waals surface area contributed by atoms with Crippen molar-refractivity contribution in [1.82, 2.24) is 5.32 Å². The summed E-state index contributed by atoms with van der Waals surface area (Å²) in [7, 11) is 0. The summed E-state index contributed by atoms with van der Waals surface area (Å²) < 4.78 is 5.68. The van der Waals surface area contributed by atoms with Gasteiger partial charge in [0.1, 0.15) is 12.4 Å². The summed E-state index contributed by atoms with van der Waals surface area (Å²) in [6, 6.07) is 12.1. The quantitative estimate of drug-likeness (QED) is 0.672. The van der Waals surface area contributed by atoms with Gasteiger partial charge in [-0.05, 0) is 29.1 Å². The molecule has 1 heterocycles. The lowest BCUT2D eigenvalue weighted by Gasteiger charge is -2.06. The van der Waals surface area contributed by atoms with Gasteiger partial charge in [0.25, 0.3) is 0 Å². The Hall–Kier alpha value is -1.07. The van der Waals surface area contributed by atoms with Gasteiger partial charge in [-0.1, -0.05) is 18.2 Å². The topological polar surface area (TPSA) is 41.5 Å². The molecule has 5 heteroatoms. The Labute approximate surface area is 123 Å². The Morgan fingerprint density at radius 1 is 1.16 bits per heavy atom. The fraction of sp³-hybridized carbons (Fsp3) is 0.286. The predicted octanol–water partition coefficient (Wildman–Crippen LogP) is -0.587. The van der Waals surface area contributed by atoms with Gasteiger partial charge < -0.3 is 27.6 Å². The minimum absolute atomic E-state index is 0. The van der Waals surface area contributed by atoms with Gasteiger partial charge >= 0.3 is 0 Å². The van der Waals surface area contributed by atoms with Crippen molar-refractivity contribution in [3.8, 4) is 5.75 Å². The first-order valence-corrected chi connectivity index (χ1v) is 6.82. The number of hydrogen-bond acceptors (Lipinski definition) is 4. The smallest absolute Gasteiger partial charge is 0.122 e. The molecule has 104 valence electrons. The van der Waals surface area contributed by atoms with Gasteiger partial charge in [0, 0.05) is 18.0 Å². The summed E-state index contributed by atoms with van der Waals surface area (Å²) >= 11 is 1.70. The van der Waals surface area contributed by atoms with Crippen molar-refractivity contribution >= 4 is 11.3 Å². The number of hydrogen-bond donors (Lipinski definition) is 2. The van der Waals surface area contributed by atoms with Crippen LogP contribution in [-0.4, -0.2) is 18.3 Å². The Morgan fingerprint density at radius 3 is 2.58 bits per heavy atom. The summed E-state index contributed by atoms with van der Waals surface area (Å²) in [5, 5.41) is 13.9. The second kappa shape index (κ2) is 8.93. The van der Waals surface area contributed by atoms with Crippen LogP contribution in [0, 0.1) is 0 Å². The van der Waals surface area contributed by atoms with Crippen LogP contribution in [0.3, 0.4) is 0 Å². The Bertz CT molecular complexity index is 445. The number of benzene rings is 1. The average molecular weight is 299 g/mol. The highest BCUT2D eigenvalue weighted by Gasteiger charge is 1.97. The van der Waals surface area contributed by atoms with E-state index in [0.717, 1.165) is 12.3 Å². The maximum Gasteiger partial charge on any atom is 0.122 e. The molecule has 0 atom stereocenters. The van der Waals surface area contributed by atoms with Crippen LogP contribution in [0.5, 0.6) is 5.75 Å². The second-order valence-corrected chi connectivity index (χ2v) is 4.94. The van der Waals surface area contributed by atoms with Gasteiger partial charge in [-0.2, -0.15) is 0 Å². The fourth-order valence-electron chi connectivity index (χ4n) is 1.56. The number of thiophene rings is 1. The number of ether oxygens (including phenoxy) is 1. The standard InChI is InChI=1S/C14H17NO2S.ClH/c16-8-7-15-10-12-3-5-13(6-4-12)17-11-14-2-1-9-18-14;/h1-6,9,15-16H,7-8,10-11H2;1H/p-1. The first kappa shape index (κ1) is 16.0. The van der Waals surface area contributed by atoms with Crippen molar-refractivity contribution in [2.24, 2.45) is 0 Å². The van der Waals surface area contributed by atoms with E-state index >= 15 is 0 Å². The number of rotatable bonds is 7. The highest BCUT2D eigenvalue weighted by molar-refractivity contribution is 7.09. The Balaban J connectivity index is 0.00000180. The predicted molar refractivity (Wildman–Crippen MR) is 73.9 cm³/mol. The van der Waals surface area contributed by atoms with E-state index in [-0.39, 0.29) is 19.0 Å². The molecule has 0 aliphatic rings. The minimum atomic E-state index is 0. The van der Waals surface area contributed by atoms with Gasteiger partial charge in [-0.25, -0.2) is 0 Å². The maximum absolute atomic E-state index is 8.67. The Morgan fingerprint density at radius 2 is 1.95 bits per heavy atom. The van der Waals surface area contributed by atoms with Crippen molar-refractivity contribution in [2.75, 3.05) is 13.2 Å². The summed E-state index contributed by atoms with van der Waals surface area (Å²) in [5.74, 6) is 0.884. The van der Waals surface area contributed by atoms with Gasteiger partial charge in [0.05, 0.1) is 6.61 Å². The molecule has 0 aliphatic heterocycles. The molecule has 0 amide bonds. The first-order valence-electron chi connectivity index (χ1n) is 5.94. The van der Waals surface area contributed by atoms with Crippen LogP contribution < -0.4 is 22.5 Å². The molecule has 1 aromatic carbocycles. The molecule has 2 aromatic rings. The zero-order valence-electron chi connectivity index (χ0n) is 10.5. The van der Waals surface area contributed by atoms with Crippen LogP contribution >= 0.6 is 11.3 Å². The van der Waals surface area contributed by atoms with E-state index in [4.69, 9.17) is 9.84 Å². The second-order valence-electron chi connectivity index (χ2n) is 3.91. The molecular weight excluding hydrogens is 282 g/mol. The first-order chi connectivity index (χ1) is 8.88. The molecule has 0 radical (unpaired) electrons. The van der Waals surface area contributed by atoms with Crippen LogP contribution in [-0.2, 0) is 13.2 Å². The average Bonchev–Trinajstić information content (AvgIpc) is 2.91. The third-order valence-electron chi connectivity index (χ3n) is 2.50. The third kappa shape index (κ3) is 5.61. The lowest BCUT2D eigenvalue weighted by atomic mass is 10.2. The lowest BCUT2D eigenvalue weighted by Crippen LogP contribution is -3.00. The number of aliphatic hydroxyl groups is 1. The lowest BCUT2D eigenvalue weighted by molar-refractivity contribution is -0.00000504. The molecule has 2 rings (SSSR count). The fourth-order valence-corrected chi connectivity index (χ4v) is 2.18. The zero-order valence-corrected chi connectivity index (χ0v) is 12.1. The summed E-state index contributed by atoms with van der Waals surface area (Å²) in [5.41, 5.74) is 1.19. The van der Waals surface area contributed by atoms with E-state index in [1.165, 1.54) is 10.4 Å². The van der Waals surface area contributed by atoms with Crippen LogP contribution in [0.4, 0.5) is 0 Å².